The Morgan fingerprint density at radius 3 is 2.76 bits per heavy atom. The summed E-state index contributed by atoms with van der Waals surface area (Å²) in [5.74, 6) is -0.193. The minimum Gasteiger partial charge on any atom is -0.478 e. The minimum atomic E-state index is -0.971. The molecule has 0 saturated heterocycles. The summed E-state index contributed by atoms with van der Waals surface area (Å²) < 4.78 is 5.18. The molecule has 0 atom stereocenters. The molecular formula is C12H11NO3S. The first-order valence-electron chi connectivity index (χ1n) is 5.00. The molecule has 2 aromatic rings. The average Bonchev–Trinajstić information content (AvgIpc) is 2.64. The maximum absolute atomic E-state index is 11.1. The van der Waals surface area contributed by atoms with Crippen molar-refractivity contribution in [3.05, 3.63) is 41.6 Å². The van der Waals surface area contributed by atoms with Gasteiger partial charge in [0.25, 0.3) is 0 Å². The van der Waals surface area contributed by atoms with Crippen LogP contribution in [0.4, 0.5) is 0 Å². The highest BCUT2D eigenvalue weighted by atomic mass is 32.2. The normalized spacial score (nSPS) is 10.5. The van der Waals surface area contributed by atoms with Crippen LogP contribution in [0, 0.1) is 13.8 Å². The molecule has 5 heteroatoms. The number of nitrogens with zero attached hydrogens (tertiary/aromatic N) is 1. The number of aryl methyl sites for hydroxylation is 2. The van der Waals surface area contributed by atoms with Crippen LogP contribution in [0.2, 0.25) is 0 Å². The number of rotatable bonds is 3. The minimum absolute atomic E-state index is 0.209. The summed E-state index contributed by atoms with van der Waals surface area (Å²) in [6.07, 6.45) is 2.97. The zero-order valence-electron chi connectivity index (χ0n) is 9.43. The first-order chi connectivity index (χ1) is 8.08. The number of hydrogen-bond donors (Lipinski definition) is 1. The zero-order chi connectivity index (χ0) is 12.4. The molecule has 2 heterocycles. The summed E-state index contributed by atoms with van der Waals surface area (Å²) in [5, 5.41) is 9.08. The van der Waals surface area contributed by atoms with Crippen molar-refractivity contribution in [2.45, 2.75) is 23.6 Å². The van der Waals surface area contributed by atoms with Gasteiger partial charge in [-0.15, -0.1) is 0 Å². The van der Waals surface area contributed by atoms with E-state index in [0.29, 0.717) is 4.90 Å². The van der Waals surface area contributed by atoms with Gasteiger partial charge in [0, 0.05) is 16.8 Å². The number of furan rings is 1. The summed E-state index contributed by atoms with van der Waals surface area (Å²) in [6, 6.07) is 3.59. The van der Waals surface area contributed by atoms with Gasteiger partial charge in [0.15, 0.2) is 0 Å². The molecule has 0 radical (unpaired) electrons. The predicted octanol–water partition coefficient (Wildman–Crippen LogP) is 3.14. The van der Waals surface area contributed by atoms with Crippen molar-refractivity contribution in [1.82, 2.24) is 4.98 Å². The average molecular weight is 249 g/mol. The molecular weight excluding hydrogens is 238 g/mol. The summed E-state index contributed by atoms with van der Waals surface area (Å²) in [6.45, 7) is 3.68. The maximum Gasteiger partial charge on any atom is 0.338 e. The van der Waals surface area contributed by atoms with Gasteiger partial charge in [-0.25, -0.2) is 4.79 Å². The molecule has 0 spiro atoms. The number of aromatic nitrogens is 1. The molecule has 0 aliphatic carbocycles. The fourth-order valence-electron chi connectivity index (χ4n) is 1.38. The number of hydrogen-bond acceptors (Lipinski definition) is 4. The van der Waals surface area contributed by atoms with Crippen molar-refractivity contribution in [1.29, 1.82) is 0 Å². The lowest BCUT2D eigenvalue weighted by Gasteiger charge is -2.05. The molecule has 0 amide bonds. The Balaban J connectivity index is 2.41. The van der Waals surface area contributed by atoms with Crippen LogP contribution in [0.5, 0.6) is 0 Å². The van der Waals surface area contributed by atoms with Gasteiger partial charge in [-0.1, -0.05) is 11.8 Å². The summed E-state index contributed by atoms with van der Waals surface area (Å²) in [7, 11) is 0. The molecule has 0 aromatic carbocycles. The fourth-order valence-corrected chi connectivity index (χ4v) is 2.41. The van der Waals surface area contributed by atoms with Crippen LogP contribution in [0.15, 0.2) is 38.8 Å². The van der Waals surface area contributed by atoms with Crippen molar-refractivity contribution in [3.8, 4) is 0 Å². The molecule has 0 unspecified atom stereocenters. The lowest BCUT2D eigenvalue weighted by Crippen LogP contribution is -2.00. The topological polar surface area (TPSA) is 63.3 Å². The number of carboxylic acid groups (broad SMARTS) is 1. The lowest BCUT2D eigenvalue weighted by molar-refractivity contribution is 0.0692. The number of aromatic carboxylic acids is 1. The van der Waals surface area contributed by atoms with Gasteiger partial charge in [-0.3, -0.25) is 4.98 Å². The molecule has 0 saturated carbocycles. The predicted molar refractivity (Wildman–Crippen MR) is 63.5 cm³/mol. The van der Waals surface area contributed by atoms with E-state index in [1.807, 2.05) is 19.9 Å². The van der Waals surface area contributed by atoms with E-state index in [-0.39, 0.29) is 5.56 Å². The molecule has 4 nitrogen and oxygen atoms in total. The molecule has 0 bridgehead atoms. The highest BCUT2D eigenvalue weighted by Crippen LogP contribution is 2.33. The van der Waals surface area contributed by atoms with Crippen LogP contribution in [-0.2, 0) is 0 Å². The van der Waals surface area contributed by atoms with Gasteiger partial charge in [0.2, 0.25) is 0 Å². The third kappa shape index (κ3) is 2.50. The van der Waals surface area contributed by atoms with Crippen LogP contribution in [0.25, 0.3) is 0 Å². The fraction of sp³-hybridized carbons (Fsp3) is 0.167. The van der Waals surface area contributed by atoms with Gasteiger partial charge in [-0.05, 0) is 26.0 Å². The van der Waals surface area contributed by atoms with Gasteiger partial charge >= 0.3 is 5.97 Å². The molecule has 1 N–H and O–H groups in total. The van der Waals surface area contributed by atoms with Crippen LogP contribution in [0.1, 0.15) is 21.8 Å². The Labute approximate surface area is 103 Å². The molecule has 0 aliphatic heterocycles. The summed E-state index contributed by atoms with van der Waals surface area (Å²) >= 11 is 1.38. The van der Waals surface area contributed by atoms with Crippen LogP contribution < -0.4 is 0 Å². The maximum atomic E-state index is 11.1. The third-order valence-electron chi connectivity index (χ3n) is 2.26. The second-order valence-electron chi connectivity index (χ2n) is 3.57. The monoisotopic (exact) mass is 249 g/mol. The Morgan fingerprint density at radius 2 is 2.18 bits per heavy atom. The van der Waals surface area contributed by atoms with Gasteiger partial charge in [0.1, 0.15) is 5.76 Å². The summed E-state index contributed by atoms with van der Waals surface area (Å²) in [4.78, 5) is 16.7. The van der Waals surface area contributed by atoms with E-state index in [1.165, 1.54) is 18.0 Å². The van der Waals surface area contributed by atoms with Crippen molar-refractivity contribution in [2.24, 2.45) is 0 Å². The van der Waals surface area contributed by atoms with Crippen LogP contribution in [-0.4, -0.2) is 16.1 Å². The molecule has 2 aromatic heterocycles. The standard InChI is InChI=1S/C12H11NO3S/c1-7-5-11(9(6-13-7)12(14)15)17-10-3-4-16-8(10)2/h3-6H,1-2H3,(H,14,15). The first kappa shape index (κ1) is 11.7. The van der Waals surface area contributed by atoms with Crippen LogP contribution in [0.3, 0.4) is 0 Å². The van der Waals surface area contributed by atoms with E-state index in [1.54, 1.807) is 12.3 Å². The quantitative estimate of drug-likeness (QED) is 0.905. The van der Waals surface area contributed by atoms with E-state index in [0.717, 1.165) is 16.3 Å². The smallest absolute Gasteiger partial charge is 0.338 e. The van der Waals surface area contributed by atoms with E-state index >= 15 is 0 Å². The van der Waals surface area contributed by atoms with E-state index in [4.69, 9.17) is 9.52 Å². The summed E-state index contributed by atoms with van der Waals surface area (Å²) in [5.41, 5.74) is 1.000. The lowest BCUT2D eigenvalue weighted by atomic mass is 10.2. The molecule has 0 fully saturated rings. The van der Waals surface area contributed by atoms with Crippen molar-refractivity contribution in [3.63, 3.8) is 0 Å². The van der Waals surface area contributed by atoms with Crippen molar-refractivity contribution >= 4 is 17.7 Å². The number of carbonyl (C=O) groups is 1. The molecule has 0 aliphatic rings. The van der Waals surface area contributed by atoms with E-state index < -0.39 is 5.97 Å². The Morgan fingerprint density at radius 1 is 1.41 bits per heavy atom. The van der Waals surface area contributed by atoms with Crippen LogP contribution >= 0.6 is 11.8 Å². The number of carboxylic acids is 1. The van der Waals surface area contributed by atoms with Gasteiger partial charge < -0.3 is 9.52 Å². The first-order valence-corrected chi connectivity index (χ1v) is 5.81. The third-order valence-corrected chi connectivity index (χ3v) is 3.47. The Bertz CT molecular complexity index is 563. The Hall–Kier alpha value is -1.75. The molecule has 17 heavy (non-hydrogen) atoms. The van der Waals surface area contributed by atoms with Gasteiger partial charge in [-0.2, -0.15) is 0 Å². The SMILES string of the molecule is Cc1cc(Sc2ccoc2C)c(C(=O)O)cn1. The van der Waals surface area contributed by atoms with Gasteiger partial charge in [0.05, 0.1) is 16.7 Å². The van der Waals surface area contributed by atoms with E-state index in [2.05, 4.69) is 4.98 Å². The Kier molecular flexibility index (Phi) is 3.19. The number of pyridine rings is 1. The second-order valence-corrected chi connectivity index (χ2v) is 4.65. The second kappa shape index (κ2) is 4.63. The zero-order valence-corrected chi connectivity index (χ0v) is 10.2. The van der Waals surface area contributed by atoms with Crippen molar-refractivity contribution in [2.75, 3.05) is 0 Å². The highest BCUT2D eigenvalue weighted by Gasteiger charge is 2.13. The molecule has 88 valence electrons. The molecule has 2 rings (SSSR count). The van der Waals surface area contributed by atoms with Crippen molar-refractivity contribution < 1.29 is 14.3 Å². The highest BCUT2D eigenvalue weighted by molar-refractivity contribution is 7.99. The largest absolute Gasteiger partial charge is 0.478 e. The van der Waals surface area contributed by atoms with E-state index in [9.17, 15) is 4.79 Å².